The molecule has 5 heteroatoms. The molecule has 2 rings (SSSR count). The second-order valence-electron chi connectivity index (χ2n) is 4.39. The summed E-state index contributed by atoms with van der Waals surface area (Å²) < 4.78 is 10.7. The Bertz CT molecular complexity index is 221. The maximum absolute atomic E-state index is 11.7. The third-order valence-electron chi connectivity index (χ3n) is 3.00. The van der Waals surface area contributed by atoms with Crippen molar-refractivity contribution in [3.8, 4) is 0 Å². The Hall–Kier alpha value is -0.650. The highest BCUT2D eigenvalue weighted by Crippen LogP contribution is 2.11. The fraction of sp³-hybridized carbons (Fsp3) is 0.909. The van der Waals surface area contributed by atoms with Crippen LogP contribution in [0.25, 0.3) is 0 Å². The summed E-state index contributed by atoms with van der Waals surface area (Å²) in [6.45, 7) is 4.68. The number of hydrogen-bond acceptors (Lipinski definition) is 4. The van der Waals surface area contributed by atoms with Gasteiger partial charge in [0.05, 0.1) is 13.2 Å². The summed E-state index contributed by atoms with van der Waals surface area (Å²) in [6, 6.07) is 0. The SMILES string of the molecule is O=C(NCC1CNCCOC1)C1CCCO1. The van der Waals surface area contributed by atoms with E-state index in [1.807, 2.05) is 0 Å². The summed E-state index contributed by atoms with van der Waals surface area (Å²) in [5.74, 6) is 0.398. The maximum Gasteiger partial charge on any atom is 0.249 e. The van der Waals surface area contributed by atoms with Gasteiger partial charge in [-0.15, -0.1) is 0 Å². The molecule has 0 spiro atoms. The fourth-order valence-electron chi connectivity index (χ4n) is 2.03. The molecule has 0 radical (unpaired) electrons. The van der Waals surface area contributed by atoms with Gasteiger partial charge in [0, 0.05) is 32.2 Å². The van der Waals surface area contributed by atoms with Crippen LogP contribution in [0.2, 0.25) is 0 Å². The van der Waals surface area contributed by atoms with Crippen LogP contribution >= 0.6 is 0 Å². The molecule has 2 N–H and O–H groups in total. The first kappa shape index (κ1) is 11.8. The minimum atomic E-state index is -0.223. The van der Waals surface area contributed by atoms with E-state index in [-0.39, 0.29) is 12.0 Å². The quantitative estimate of drug-likeness (QED) is 0.685. The molecular weight excluding hydrogens is 208 g/mol. The molecule has 92 valence electrons. The molecule has 0 aromatic carbocycles. The molecular formula is C11H20N2O3. The van der Waals surface area contributed by atoms with Crippen LogP contribution in [0, 0.1) is 5.92 Å². The van der Waals surface area contributed by atoms with Crippen LogP contribution in [-0.4, -0.2) is 51.5 Å². The zero-order valence-electron chi connectivity index (χ0n) is 9.54. The van der Waals surface area contributed by atoms with Gasteiger partial charge in [0.15, 0.2) is 0 Å². The normalized spacial score (nSPS) is 31.0. The van der Waals surface area contributed by atoms with Crippen molar-refractivity contribution in [3.05, 3.63) is 0 Å². The second-order valence-corrected chi connectivity index (χ2v) is 4.39. The highest BCUT2D eigenvalue weighted by Gasteiger charge is 2.24. The van der Waals surface area contributed by atoms with Crippen molar-refractivity contribution in [1.29, 1.82) is 0 Å². The number of carbonyl (C=O) groups is 1. The predicted octanol–water partition coefficient (Wildman–Crippen LogP) is -0.482. The maximum atomic E-state index is 11.7. The van der Waals surface area contributed by atoms with Crippen molar-refractivity contribution in [2.45, 2.75) is 18.9 Å². The first-order valence-electron chi connectivity index (χ1n) is 6.04. The average molecular weight is 228 g/mol. The van der Waals surface area contributed by atoms with Gasteiger partial charge < -0.3 is 20.1 Å². The summed E-state index contributed by atoms with van der Waals surface area (Å²) in [6.07, 6.45) is 1.62. The Labute approximate surface area is 95.9 Å². The predicted molar refractivity (Wildman–Crippen MR) is 59.2 cm³/mol. The topological polar surface area (TPSA) is 59.6 Å². The van der Waals surface area contributed by atoms with Gasteiger partial charge in [-0.3, -0.25) is 4.79 Å². The molecule has 16 heavy (non-hydrogen) atoms. The molecule has 0 aromatic heterocycles. The minimum absolute atomic E-state index is 0.0294. The van der Waals surface area contributed by atoms with E-state index in [9.17, 15) is 4.79 Å². The lowest BCUT2D eigenvalue weighted by molar-refractivity contribution is -0.130. The summed E-state index contributed by atoms with van der Waals surface area (Å²) in [5.41, 5.74) is 0. The number of rotatable bonds is 3. The molecule has 0 bridgehead atoms. The van der Waals surface area contributed by atoms with Gasteiger partial charge in [0.25, 0.3) is 0 Å². The minimum Gasteiger partial charge on any atom is -0.380 e. The van der Waals surface area contributed by atoms with Crippen LogP contribution in [0.5, 0.6) is 0 Å². The van der Waals surface area contributed by atoms with E-state index in [0.29, 0.717) is 19.1 Å². The van der Waals surface area contributed by atoms with Crippen molar-refractivity contribution in [2.75, 3.05) is 39.5 Å². The second kappa shape index (κ2) is 6.18. The van der Waals surface area contributed by atoms with Crippen molar-refractivity contribution in [2.24, 2.45) is 5.92 Å². The van der Waals surface area contributed by atoms with Gasteiger partial charge in [0.1, 0.15) is 6.10 Å². The third kappa shape index (κ3) is 3.43. The zero-order valence-corrected chi connectivity index (χ0v) is 9.54. The first-order valence-corrected chi connectivity index (χ1v) is 6.04. The molecule has 0 aliphatic carbocycles. The monoisotopic (exact) mass is 228 g/mol. The van der Waals surface area contributed by atoms with Crippen molar-refractivity contribution < 1.29 is 14.3 Å². The summed E-state index contributed by atoms with van der Waals surface area (Å²) in [7, 11) is 0. The summed E-state index contributed by atoms with van der Waals surface area (Å²) in [4.78, 5) is 11.7. The van der Waals surface area contributed by atoms with E-state index in [2.05, 4.69) is 10.6 Å². The smallest absolute Gasteiger partial charge is 0.249 e. The van der Waals surface area contributed by atoms with Crippen molar-refractivity contribution in [1.82, 2.24) is 10.6 Å². The fourth-order valence-corrected chi connectivity index (χ4v) is 2.03. The molecule has 2 unspecified atom stereocenters. The largest absolute Gasteiger partial charge is 0.380 e. The van der Waals surface area contributed by atoms with Crippen molar-refractivity contribution >= 4 is 5.91 Å². The number of hydrogen-bond donors (Lipinski definition) is 2. The Morgan fingerprint density at radius 1 is 1.44 bits per heavy atom. The molecule has 2 atom stereocenters. The number of carbonyl (C=O) groups excluding carboxylic acids is 1. The number of ether oxygens (including phenoxy) is 2. The van der Waals surface area contributed by atoms with Crippen LogP contribution in [0.15, 0.2) is 0 Å². The van der Waals surface area contributed by atoms with Gasteiger partial charge in [-0.2, -0.15) is 0 Å². The standard InChI is InChI=1S/C11H20N2O3/c14-11(10-2-1-4-16-10)13-7-9-6-12-3-5-15-8-9/h9-10,12H,1-8H2,(H,13,14). The molecule has 2 fully saturated rings. The van der Waals surface area contributed by atoms with E-state index in [0.717, 1.165) is 39.1 Å². The highest BCUT2D eigenvalue weighted by molar-refractivity contribution is 5.80. The summed E-state index contributed by atoms with van der Waals surface area (Å²) in [5, 5.41) is 6.22. The number of amides is 1. The zero-order chi connectivity index (χ0) is 11.2. The molecule has 0 aromatic rings. The Morgan fingerprint density at radius 2 is 2.38 bits per heavy atom. The lowest BCUT2D eigenvalue weighted by Gasteiger charge is -2.16. The molecule has 5 nitrogen and oxygen atoms in total. The van der Waals surface area contributed by atoms with Crippen LogP contribution in [0.1, 0.15) is 12.8 Å². The van der Waals surface area contributed by atoms with E-state index < -0.39 is 0 Å². The average Bonchev–Trinajstić information content (AvgIpc) is 2.71. The van der Waals surface area contributed by atoms with Crippen molar-refractivity contribution in [3.63, 3.8) is 0 Å². The van der Waals surface area contributed by atoms with Crippen LogP contribution in [0.3, 0.4) is 0 Å². The highest BCUT2D eigenvalue weighted by atomic mass is 16.5. The van der Waals surface area contributed by atoms with Gasteiger partial charge in [-0.1, -0.05) is 0 Å². The Morgan fingerprint density at radius 3 is 3.19 bits per heavy atom. The lowest BCUT2D eigenvalue weighted by atomic mass is 10.1. The van der Waals surface area contributed by atoms with Gasteiger partial charge in [-0.25, -0.2) is 0 Å². The molecule has 0 saturated carbocycles. The Balaban J connectivity index is 1.67. The summed E-state index contributed by atoms with van der Waals surface area (Å²) >= 11 is 0. The van der Waals surface area contributed by atoms with Crippen LogP contribution < -0.4 is 10.6 Å². The van der Waals surface area contributed by atoms with Gasteiger partial charge in [0.2, 0.25) is 5.91 Å². The van der Waals surface area contributed by atoms with E-state index in [1.54, 1.807) is 0 Å². The molecule has 1 amide bonds. The number of nitrogens with one attached hydrogen (secondary N) is 2. The Kier molecular flexibility index (Phi) is 4.56. The molecule has 2 heterocycles. The molecule has 2 aliphatic rings. The van der Waals surface area contributed by atoms with E-state index >= 15 is 0 Å². The van der Waals surface area contributed by atoms with Gasteiger partial charge >= 0.3 is 0 Å². The van der Waals surface area contributed by atoms with Crippen LogP contribution in [0.4, 0.5) is 0 Å². The lowest BCUT2D eigenvalue weighted by Crippen LogP contribution is -2.40. The third-order valence-corrected chi connectivity index (χ3v) is 3.00. The molecule has 2 saturated heterocycles. The van der Waals surface area contributed by atoms with E-state index in [1.165, 1.54) is 0 Å². The first-order chi connectivity index (χ1) is 7.86. The van der Waals surface area contributed by atoms with Gasteiger partial charge in [-0.05, 0) is 12.8 Å². The molecule has 2 aliphatic heterocycles. The van der Waals surface area contributed by atoms with Crippen LogP contribution in [-0.2, 0) is 14.3 Å². The van der Waals surface area contributed by atoms with E-state index in [4.69, 9.17) is 9.47 Å².